The highest BCUT2D eigenvalue weighted by atomic mass is 16.1. The van der Waals surface area contributed by atoms with Gasteiger partial charge in [-0.1, -0.05) is 13.8 Å². The lowest BCUT2D eigenvalue weighted by Crippen LogP contribution is -2.35. The third-order valence-electron chi connectivity index (χ3n) is 2.70. The van der Waals surface area contributed by atoms with Crippen molar-refractivity contribution < 1.29 is 4.79 Å². The van der Waals surface area contributed by atoms with E-state index in [1.807, 2.05) is 20.9 Å². The number of carbonyl (C=O) groups is 1. The Balaban J connectivity index is 2.53. The Bertz CT molecular complexity index is 395. The van der Waals surface area contributed by atoms with E-state index in [0.29, 0.717) is 18.2 Å². The first-order valence-electron chi connectivity index (χ1n) is 5.95. The van der Waals surface area contributed by atoms with Crippen molar-refractivity contribution in [2.45, 2.75) is 33.7 Å². The molecular formula is C12H22N4O. The van der Waals surface area contributed by atoms with E-state index in [1.165, 1.54) is 0 Å². The van der Waals surface area contributed by atoms with E-state index in [9.17, 15) is 4.79 Å². The molecule has 0 radical (unpaired) electrons. The number of nitrogens with one attached hydrogen (secondary N) is 2. The van der Waals surface area contributed by atoms with Crippen LogP contribution in [0.4, 0.5) is 0 Å². The lowest BCUT2D eigenvalue weighted by Gasteiger charge is -2.09. The zero-order valence-corrected chi connectivity index (χ0v) is 11.3. The van der Waals surface area contributed by atoms with Gasteiger partial charge in [0.25, 0.3) is 5.91 Å². The summed E-state index contributed by atoms with van der Waals surface area (Å²) in [6.07, 6.45) is 0. The highest BCUT2D eigenvalue weighted by Gasteiger charge is 2.16. The standard InChI is InChI=1S/C12H22N4O/c1-8(2)13-6-7-14-12(17)11-9(3)15-16(5)10(11)4/h8,13H,6-7H2,1-5H3,(H,14,17). The summed E-state index contributed by atoms with van der Waals surface area (Å²) in [6.45, 7) is 9.33. The summed E-state index contributed by atoms with van der Waals surface area (Å²) in [5.74, 6) is -0.0429. The minimum atomic E-state index is -0.0429. The quantitative estimate of drug-likeness (QED) is 0.745. The van der Waals surface area contributed by atoms with Gasteiger partial charge >= 0.3 is 0 Å². The van der Waals surface area contributed by atoms with Crippen molar-refractivity contribution in [2.24, 2.45) is 7.05 Å². The number of aromatic nitrogens is 2. The average molecular weight is 238 g/mol. The van der Waals surface area contributed by atoms with Gasteiger partial charge in [-0.25, -0.2) is 0 Å². The highest BCUT2D eigenvalue weighted by Crippen LogP contribution is 2.10. The summed E-state index contributed by atoms with van der Waals surface area (Å²) in [6, 6.07) is 0.439. The molecule has 0 bridgehead atoms. The van der Waals surface area contributed by atoms with E-state index < -0.39 is 0 Å². The van der Waals surface area contributed by atoms with Crippen LogP contribution >= 0.6 is 0 Å². The summed E-state index contributed by atoms with van der Waals surface area (Å²) in [5.41, 5.74) is 2.37. The molecular weight excluding hydrogens is 216 g/mol. The fraction of sp³-hybridized carbons (Fsp3) is 0.667. The molecule has 5 nitrogen and oxygen atoms in total. The maximum atomic E-state index is 12.0. The molecule has 0 spiro atoms. The molecule has 17 heavy (non-hydrogen) atoms. The molecule has 0 fully saturated rings. The Hall–Kier alpha value is -1.36. The Kier molecular flexibility index (Phi) is 4.69. The van der Waals surface area contributed by atoms with Gasteiger partial charge in [0.2, 0.25) is 0 Å². The molecule has 1 heterocycles. The van der Waals surface area contributed by atoms with Crippen LogP contribution in [0.25, 0.3) is 0 Å². The van der Waals surface area contributed by atoms with Crippen molar-refractivity contribution in [1.82, 2.24) is 20.4 Å². The van der Waals surface area contributed by atoms with E-state index in [4.69, 9.17) is 0 Å². The second-order valence-electron chi connectivity index (χ2n) is 4.53. The molecule has 1 rings (SSSR count). The lowest BCUT2D eigenvalue weighted by molar-refractivity contribution is 0.0952. The third kappa shape index (κ3) is 3.56. The van der Waals surface area contributed by atoms with Crippen LogP contribution in [0.2, 0.25) is 0 Å². The third-order valence-corrected chi connectivity index (χ3v) is 2.70. The van der Waals surface area contributed by atoms with Gasteiger partial charge < -0.3 is 10.6 Å². The van der Waals surface area contributed by atoms with E-state index in [1.54, 1.807) is 4.68 Å². The normalized spacial score (nSPS) is 10.9. The molecule has 1 aromatic heterocycles. The Labute approximate surface area is 103 Å². The van der Waals surface area contributed by atoms with Gasteiger partial charge in [-0.2, -0.15) is 5.10 Å². The number of nitrogens with zero attached hydrogens (tertiary/aromatic N) is 2. The van der Waals surface area contributed by atoms with Crippen molar-refractivity contribution in [3.8, 4) is 0 Å². The molecule has 0 atom stereocenters. The first kappa shape index (κ1) is 13.7. The van der Waals surface area contributed by atoms with E-state index >= 15 is 0 Å². The number of amides is 1. The summed E-state index contributed by atoms with van der Waals surface area (Å²) in [5, 5.41) is 10.4. The van der Waals surface area contributed by atoms with Crippen LogP contribution in [0, 0.1) is 13.8 Å². The molecule has 0 aliphatic rings. The molecule has 0 saturated carbocycles. The van der Waals surface area contributed by atoms with Gasteiger partial charge in [0.1, 0.15) is 0 Å². The van der Waals surface area contributed by atoms with Crippen LogP contribution in [-0.2, 0) is 7.05 Å². The molecule has 0 aromatic carbocycles. The van der Waals surface area contributed by atoms with Crippen LogP contribution < -0.4 is 10.6 Å². The number of aryl methyl sites for hydroxylation is 2. The lowest BCUT2D eigenvalue weighted by atomic mass is 10.2. The predicted octanol–water partition coefficient (Wildman–Crippen LogP) is 0.765. The Morgan fingerprint density at radius 2 is 2.00 bits per heavy atom. The monoisotopic (exact) mass is 238 g/mol. The van der Waals surface area contributed by atoms with E-state index in [2.05, 4.69) is 29.6 Å². The second kappa shape index (κ2) is 5.82. The molecule has 0 saturated heterocycles. The van der Waals surface area contributed by atoms with E-state index in [-0.39, 0.29) is 5.91 Å². The van der Waals surface area contributed by atoms with Crippen molar-refractivity contribution in [2.75, 3.05) is 13.1 Å². The number of carbonyl (C=O) groups excluding carboxylic acids is 1. The predicted molar refractivity (Wildman–Crippen MR) is 68.2 cm³/mol. The highest BCUT2D eigenvalue weighted by molar-refractivity contribution is 5.96. The molecule has 1 aromatic rings. The van der Waals surface area contributed by atoms with E-state index in [0.717, 1.165) is 17.9 Å². The summed E-state index contributed by atoms with van der Waals surface area (Å²) < 4.78 is 1.73. The van der Waals surface area contributed by atoms with Gasteiger partial charge in [-0.15, -0.1) is 0 Å². The topological polar surface area (TPSA) is 59.0 Å². The fourth-order valence-corrected chi connectivity index (χ4v) is 1.73. The molecule has 96 valence electrons. The summed E-state index contributed by atoms with van der Waals surface area (Å²) in [4.78, 5) is 12.0. The smallest absolute Gasteiger partial charge is 0.255 e. The maximum absolute atomic E-state index is 12.0. The minimum absolute atomic E-state index is 0.0429. The average Bonchev–Trinajstić information content (AvgIpc) is 2.48. The largest absolute Gasteiger partial charge is 0.351 e. The van der Waals surface area contributed by atoms with Crippen LogP contribution in [0.3, 0.4) is 0 Å². The molecule has 5 heteroatoms. The fourth-order valence-electron chi connectivity index (χ4n) is 1.73. The first-order chi connectivity index (χ1) is 7.93. The van der Waals surface area contributed by atoms with Crippen LogP contribution in [0.1, 0.15) is 35.6 Å². The van der Waals surface area contributed by atoms with Crippen LogP contribution in [0.15, 0.2) is 0 Å². The Morgan fingerprint density at radius 1 is 1.35 bits per heavy atom. The van der Waals surface area contributed by atoms with Crippen LogP contribution in [-0.4, -0.2) is 34.8 Å². The summed E-state index contributed by atoms with van der Waals surface area (Å²) in [7, 11) is 1.85. The van der Waals surface area contributed by atoms with Gasteiger partial charge in [0.15, 0.2) is 0 Å². The maximum Gasteiger partial charge on any atom is 0.255 e. The van der Waals surface area contributed by atoms with Crippen molar-refractivity contribution in [3.63, 3.8) is 0 Å². The molecule has 0 aliphatic carbocycles. The number of hydrogen-bond donors (Lipinski definition) is 2. The first-order valence-corrected chi connectivity index (χ1v) is 5.95. The van der Waals surface area contributed by atoms with Gasteiger partial charge in [0, 0.05) is 31.9 Å². The number of rotatable bonds is 5. The second-order valence-corrected chi connectivity index (χ2v) is 4.53. The number of hydrogen-bond acceptors (Lipinski definition) is 3. The Morgan fingerprint density at radius 3 is 2.47 bits per heavy atom. The van der Waals surface area contributed by atoms with Crippen molar-refractivity contribution in [3.05, 3.63) is 17.0 Å². The molecule has 0 unspecified atom stereocenters. The molecule has 0 aliphatic heterocycles. The van der Waals surface area contributed by atoms with Gasteiger partial charge in [0.05, 0.1) is 11.3 Å². The minimum Gasteiger partial charge on any atom is -0.351 e. The molecule has 1 amide bonds. The van der Waals surface area contributed by atoms with Gasteiger partial charge in [-0.05, 0) is 13.8 Å². The SMILES string of the molecule is Cc1nn(C)c(C)c1C(=O)NCCNC(C)C. The van der Waals surface area contributed by atoms with Crippen molar-refractivity contribution in [1.29, 1.82) is 0 Å². The zero-order chi connectivity index (χ0) is 13.0. The summed E-state index contributed by atoms with van der Waals surface area (Å²) >= 11 is 0. The van der Waals surface area contributed by atoms with Gasteiger partial charge in [-0.3, -0.25) is 9.48 Å². The van der Waals surface area contributed by atoms with Crippen molar-refractivity contribution >= 4 is 5.91 Å². The zero-order valence-electron chi connectivity index (χ0n) is 11.3. The molecule has 2 N–H and O–H groups in total. The van der Waals surface area contributed by atoms with Crippen LogP contribution in [0.5, 0.6) is 0 Å².